The second-order valence-electron chi connectivity index (χ2n) is 3.32. The van der Waals surface area contributed by atoms with E-state index in [9.17, 15) is 14.0 Å². The number of hydrogen-bond acceptors (Lipinski definition) is 2. The zero-order valence-corrected chi connectivity index (χ0v) is 8.63. The van der Waals surface area contributed by atoms with Crippen molar-refractivity contribution in [3.05, 3.63) is 35.1 Å². The summed E-state index contributed by atoms with van der Waals surface area (Å²) in [6, 6.07) is 4.57. The van der Waals surface area contributed by atoms with Crippen molar-refractivity contribution in [3.63, 3.8) is 0 Å². The summed E-state index contributed by atoms with van der Waals surface area (Å²) < 4.78 is 13.4. The Morgan fingerprint density at radius 3 is 2.67 bits per heavy atom. The molecule has 0 bridgehead atoms. The van der Waals surface area contributed by atoms with E-state index in [2.05, 4.69) is 5.32 Å². The highest BCUT2D eigenvalue weighted by Gasteiger charge is 2.12. The van der Waals surface area contributed by atoms with Gasteiger partial charge in [-0.15, -0.1) is 0 Å². The molecule has 80 valence electrons. The lowest BCUT2D eigenvalue weighted by Crippen LogP contribution is -2.29. The Kier molecular flexibility index (Phi) is 3.55. The summed E-state index contributed by atoms with van der Waals surface area (Å²) in [6.45, 7) is 2.86. The molecule has 4 heteroatoms. The summed E-state index contributed by atoms with van der Waals surface area (Å²) in [5.41, 5.74) is 0.377. The minimum absolute atomic E-state index is 0.0312. The van der Waals surface area contributed by atoms with Crippen LogP contribution in [-0.4, -0.2) is 18.2 Å². The van der Waals surface area contributed by atoms with E-state index in [1.807, 2.05) is 0 Å². The molecule has 3 nitrogen and oxygen atoms in total. The highest BCUT2D eigenvalue weighted by molar-refractivity contribution is 5.96. The molecule has 1 amide bonds. The highest BCUT2D eigenvalue weighted by atomic mass is 19.1. The van der Waals surface area contributed by atoms with E-state index in [1.165, 1.54) is 13.0 Å². The third-order valence-corrected chi connectivity index (χ3v) is 1.93. The fourth-order valence-corrected chi connectivity index (χ4v) is 1.12. The second-order valence-corrected chi connectivity index (χ2v) is 3.32. The number of carbonyl (C=O) groups excluding carboxylic acids is 2. The van der Waals surface area contributed by atoms with Crippen LogP contribution in [0.25, 0.3) is 0 Å². The van der Waals surface area contributed by atoms with Gasteiger partial charge in [0.05, 0.1) is 12.1 Å². The molecule has 0 saturated heterocycles. The van der Waals surface area contributed by atoms with Crippen molar-refractivity contribution in [2.45, 2.75) is 13.8 Å². The number of hydrogen-bond donors (Lipinski definition) is 1. The summed E-state index contributed by atoms with van der Waals surface area (Å²) >= 11 is 0. The summed E-state index contributed by atoms with van der Waals surface area (Å²) in [5.74, 6) is -1.28. The van der Waals surface area contributed by atoms with Gasteiger partial charge in [-0.2, -0.15) is 0 Å². The zero-order chi connectivity index (χ0) is 11.4. The highest BCUT2D eigenvalue weighted by Crippen LogP contribution is 2.11. The summed E-state index contributed by atoms with van der Waals surface area (Å²) in [6.07, 6.45) is 0. The van der Waals surface area contributed by atoms with Gasteiger partial charge in [-0.05, 0) is 25.5 Å². The Hall–Kier alpha value is -1.71. The maximum Gasteiger partial charge on any atom is 0.254 e. The van der Waals surface area contributed by atoms with Gasteiger partial charge in [-0.25, -0.2) is 4.39 Å². The SMILES string of the molecule is CC(=O)CNC(=O)c1cccc(C)c1F. The van der Waals surface area contributed by atoms with E-state index < -0.39 is 11.7 Å². The molecule has 0 radical (unpaired) electrons. The van der Waals surface area contributed by atoms with Crippen LogP contribution in [0.5, 0.6) is 0 Å². The van der Waals surface area contributed by atoms with Crippen LogP contribution in [0.4, 0.5) is 4.39 Å². The van der Waals surface area contributed by atoms with E-state index >= 15 is 0 Å². The smallest absolute Gasteiger partial charge is 0.254 e. The molecule has 15 heavy (non-hydrogen) atoms. The molecule has 0 aliphatic heterocycles. The quantitative estimate of drug-likeness (QED) is 0.819. The zero-order valence-electron chi connectivity index (χ0n) is 8.63. The minimum atomic E-state index is -0.564. The predicted octanol–water partition coefficient (Wildman–Crippen LogP) is 1.45. The Morgan fingerprint density at radius 2 is 2.07 bits per heavy atom. The van der Waals surface area contributed by atoms with Gasteiger partial charge in [0.1, 0.15) is 11.6 Å². The lowest BCUT2D eigenvalue weighted by Gasteiger charge is -2.05. The Morgan fingerprint density at radius 1 is 1.40 bits per heavy atom. The summed E-state index contributed by atoms with van der Waals surface area (Å²) in [7, 11) is 0. The molecule has 1 aromatic carbocycles. The number of ketones is 1. The molecule has 0 fully saturated rings. The van der Waals surface area contributed by atoms with Crippen LogP contribution in [0.1, 0.15) is 22.8 Å². The normalized spacial score (nSPS) is 9.80. The average Bonchev–Trinajstić information content (AvgIpc) is 2.18. The van der Waals surface area contributed by atoms with Gasteiger partial charge in [0.15, 0.2) is 0 Å². The van der Waals surface area contributed by atoms with Gasteiger partial charge in [-0.3, -0.25) is 9.59 Å². The average molecular weight is 209 g/mol. The summed E-state index contributed by atoms with van der Waals surface area (Å²) in [4.78, 5) is 22.0. The topological polar surface area (TPSA) is 46.2 Å². The molecular weight excluding hydrogens is 197 g/mol. The van der Waals surface area contributed by atoms with Crippen LogP contribution in [0.3, 0.4) is 0 Å². The van der Waals surface area contributed by atoms with E-state index in [1.54, 1.807) is 19.1 Å². The van der Waals surface area contributed by atoms with Gasteiger partial charge in [0, 0.05) is 0 Å². The van der Waals surface area contributed by atoms with Gasteiger partial charge in [0.25, 0.3) is 5.91 Å². The number of halogens is 1. The molecule has 0 aliphatic rings. The first-order valence-corrected chi connectivity index (χ1v) is 4.55. The fourth-order valence-electron chi connectivity index (χ4n) is 1.12. The van der Waals surface area contributed by atoms with E-state index in [-0.39, 0.29) is 17.9 Å². The fraction of sp³-hybridized carbons (Fsp3) is 0.273. The van der Waals surface area contributed by atoms with Crippen LogP contribution in [0.15, 0.2) is 18.2 Å². The van der Waals surface area contributed by atoms with Crippen molar-refractivity contribution in [3.8, 4) is 0 Å². The Bertz CT molecular complexity index is 402. The van der Waals surface area contributed by atoms with E-state index in [0.29, 0.717) is 5.56 Å². The monoisotopic (exact) mass is 209 g/mol. The number of carbonyl (C=O) groups is 2. The largest absolute Gasteiger partial charge is 0.345 e. The third-order valence-electron chi connectivity index (χ3n) is 1.93. The van der Waals surface area contributed by atoms with E-state index in [4.69, 9.17) is 0 Å². The Balaban J connectivity index is 2.82. The van der Waals surface area contributed by atoms with Crippen molar-refractivity contribution >= 4 is 11.7 Å². The lowest BCUT2D eigenvalue weighted by atomic mass is 10.1. The van der Waals surface area contributed by atoms with Crippen molar-refractivity contribution in [2.75, 3.05) is 6.54 Å². The number of amides is 1. The number of aryl methyl sites for hydroxylation is 1. The molecule has 1 aromatic rings. The van der Waals surface area contributed by atoms with Crippen molar-refractivity contribution in [1.82, 2.24) is 5.32 Å². The number of Topliss-reactive ketones (excluding diaryl/α,β-unsaturated/α-hetero) is 1. The van der Waals surface area contributed by atoms with Gasteiger partial charge >= 0.3 is 0 Å². The van der Waals surface area contributed by atoms with Crippen LogP contribution < -0.4 is 5.32 Å². The number of benzene rings is 1. The maximum absolute atomic E-state index is 13.4. The van der Waals surface area contributed by atoms with Gasteiger partial charge in [-0.1, -0.05) is 12.1 Å². The van der Waals surface area contributed by atoms with Crippen LogP contribution in [-0.2, 0) is 4.79 Å². The molecular formula is C11H12FNO2. The molecule has 0 spiro atoms. The molecule has 0 aromatic heterocycles. The first kappa shape index (κ1) is 11.4. The van der Waals surface area contributed by atoms with Gasteiger partial charge in [0.2, 0.25) is 0 Å². The number of nitrogens with one attached hydrogen (secondary N) is 1. The molecule has 0 unspecified atom stereocenters. The molecule has 1 N–H and O–H groups in total. The molecule has 0 heterocycles. The van der Waals surface area contributed by atoms with Crippen molar-refractivity contribution in [2.24, 2.45) is 0 Å². The predicted molar refractivity (Wildman–Crippen MR) is 54.2 cm³/mol. The maximum atomic E-state index is 13.4. The standard InChI is InChI=1S/C11H12FNO2/c1-7-4-3-5-9(10(7)12)11(15)13-6-8(2)14/h3-5H,6H2,1-2H3,(H,13,15). The number of rotatable bonds is 3. The van der Waals surface area contributed by atoms with Crippen LogP contribution >= 0.6 is 0 Å². The molecule has 0 aliphatic carbocycles. The minimum Gasteiger partial charge on any atom is -0.345 e. The molecule has 1 rings (SSSR count). The third kappa shape index (κ3) is 2.87. The summed E-state index contributed by atoms with van der Waals surface area (Å²) in [5, 5.41) is 2.34. The van der Waals surface area contributed by atoms with Crippen molar-refractivity contribution in [1.29, 1.82) is 0 Å². The van der Waals surface area contributed by atoms with Crippen LogP contribution in [0.2, 0.25) is 0 Å². The van der Waals surface area contributed by atoms with E-state index in [0.717, 1.165) is 0 Å². The van der Waals surface area contributed by atoms with Gasteiger partial charge < -0.3 is 5.32 Å². The first-order valence-electron chi connectivity index (χ1n) is 4.55. The van der Waals surface area contributed by atoms with Crippen LogP contribution in [0, 0.1) is 12.7 Å². The van der Waals surface area contributed by atoms with Crippen molar-refractivity contribution < 1.29 is 14.0 Å². The Labute approximate surface area is 87.3 Å². The first-order chi connectivity index (χ1) is 7.02. The molecule has 0 atom stereocenters. The molecule has 0 saturated carbocycles. The lowest BCUT2D eigenvalue weighted by molar-refractivity contribution is -0.116. The second kappa shape index (κ2) is 4.68.